The Kier molecular flexibility index (Phi) is 5.15. The fraction of sp³-hybridized carbons (Fsp3) is 0.273. The molecule has 0 unspecified atom stereocenters. The smallest absolute Gasteiger partial charge is 0.0744 e. The number of halogens is 2. The highest BCUT2D eigenvalue weighted by atomic mass is 79.9. The lowest BCUT2D eigenvalue weighted by atomic mass is 10.2. The summed E-state index contributed by atoms with van der Waals surface area (Å²) in [6, 6.07) is 5.93. The summed E-state index contributed by atoms with van der Waals surface area (Å²) in [5.74, 6) is 0. The Morgan fingerprint density at radius 2 is 2.33 bits per heavy atom. The highest BCUT2D eigenvalue weighted by molar-refractivity contribution is 9.10. The van der Waals surface area contributed by atoms with E-state index in [1.807, 2.05) is 18.2 Å². The van der Waals surface area contributed by atoms with Crippen LogP contribution in [0.1, 0.15) is 5.56 Å². The largest absolute Gasteiger partial charge is 0.380 e. The van der Waals surface area contributed by atoms with Crippen LogP contribution in [0.2, 0.25) is 0 Å². The van der Waals surface area contributed by atoms with Crippen molar-refractivity contribution in [1.82, 2.24) is 0 Å². The Bertz CT molecular complexity index is 354. The van der Waals surface area contributed by atoms with Gasteiger partial charge in [0.15, 0.2) is 0 Å². The summed E-state index contributed by atoms with van der Waals surface area (Å²) in [7, 11) is 1.67. The van der Waals surface area contributed by atoms with E-state index >= 15 is 0 Å². The molecule has 1 rings (SSSR count). The molecule has 1 aromatic carbocycles. The molecule has 0 saturated heterocycles. The Morgan fingerprint density at radius 1 is 1.60 bits per heavy atom. The molecule has 4 heteroatoms. The maximum Gasteiger partial charge on any atom is 0.0744 e. The summed E-state index contributed by atoms with van der Waals surface area (Å²) in [6.45, 7) is 4.73. The molecule has 0 spiro atoms. The van der Waals surface area contributed by atoms with Crippen molar-refractivity contribution in [3.63, 3.8) is 0 Å². The predicted molar refractivity (Wildman–Crippen MR) is 68.3 cm³/mol. The van der Waals surface area contributed by atoms with Crippen LogP contribution in [0, 0.1) is 0 Å². The van der Waals surface area contributed by atoms with E-state index in [-0.39, 0.29) is 0 Å². The van der Waals surface area contributed by atoms with Gasteiger partial charge in [-0.3, -0.25) is 0 Å². The lowest BCUT2D eigenvalue weighted by Crippen LogP contribution is -2.04. The Balaban J connectivity index is 2.85. The summed E-state index contributed by atoms with van der Waals surface area (Å²) < 4.78 is 6.15. The van der Waals surface area contributed by atoms with Crippen LogP contribution < -0.4 is 5.32 Å². The summed E-state index contributed by atoms with van der Waals surface area (Å²) in [4.78, 5) is 0. The van der Waals surface area contributed by atoms with Gasteiger partial charge in [0, 0.05) is 27.9 Å². The fourth-order valence-electron chi connectivity index (χ4n) is 1.21. The second kappa shape index (κ2) is 6.16. The van der Waals surface area contributed by atoms with Crippen LogP contribution in [-0.4, -0.2) is 13.7 Å². The molecule has 0 atom stereocenters. The molecule has 0 radical (unpaired) electrons. The van der Waals surface area contributed by atoms with E-state index in [2.05, 4.69) is 27.8 Å². The van der Waals surface area contributed by atoms with E-state index in [1.54, 1.807) is 7.11 Å². The summed E-state index contributed by atoms with van der Waals surface area (Å²) >= 11 is 9.18. The third-order valence-corrected chi connectivity index (χ3v) is 2.75. The zero-order valence-electron chi connectivity index (χ0n) is 8.52. The van der Waals surface area contributed by atoms with Gasteiger partial charge in [-0.15, -0.1) is 0 Å². The predicted octanol–water partition coefficient (Wildman–Crippen LogP) is 3.76. The van der Waals surface area contributed by atoms with Crippen molar-refractivity contribution in [2.24, 2.45) is 0 Å². The molecule has 0 saturated carbocycles. The second-order valence-electron chi connectivity index (χ2n) is 3.07. The molecule has 0 aromatic heterocycles. The minimum absolute atomic E-state index is 0.550. The lowest BCUT2D eigenvalue weighted by molar-refractivity contribution is 0.185. The van der Waals surface area contributed by atoms with Crippen LogP contribution in [0.3, 0.4) is 0 Å². The van der Waals surface area contributed by atoms with Crippen molar-refractivity contribution in [2.75, 3.05) is 19.0 Å². The number of benzene rings is 1. The van der Waals surface area contributed by atoms with Crippen molar-refractivity contribution < 1.29 is 4.74 Å². The SMILES string of the molecule is C=C(Cl)CNc1cccc(Br)c1COC. The first-order valence-electron chi connectivity index (χ1n) is 4.48. The summed E-state index contributed by atoms with van der Waals surface area (Å²) in [5.41, 5.74) is 2.09. The van der Waals surface area contributed by atoms with E-state index in [9.17, 15) is 0 Å². The van der Waals surface area contributed by atoms with Gasteiger partial charge in [0.05, 0.1) is 13.2 Å². The van der Waals surface area contributed by atoms with Gasteiger partial charge in [0.1, 0.15) is 0 Å². The van der Waals surface area contributed by atoms with Crippen molar-refractivity contribution in [3.8, 4) is 0 Å². The standard InChI is InChI=1S/C11H13BrClNO/c1-8(13)6-14-11-5-3-4-10(12)9(11)7-15-2/h3-5,14H,1,6-7H2,2H3. The lowest BCUT2D eigenvalue weighted by Gasteiger charge is -2.12. The normalized spacial score (nSPS) is 10.1. The monoisotopic (exact) mass is 289 g/mol. The van der Waals surface area contributed by atoms with Crippen LogP contribution in [0.15, 0.2) is 34.3 Å². The molecule has 0 amide bonds. The van der Waals surface area contributed by atoms with Crippen LogP contribution >= 0.6 is 27.5 Å². The number of anilines is 1. The number of hydrogen-bond acceptors (Lipinski definition) is 2. The Labute approximate surface area is 103 Å². The highest BCUT2D eigenvalue weighted by Crippen LogP contribution is 2.25. The molecule has 0 heterocycles. The van der Waals surface area contributed by atoms with Gasteiger partial charge in [0.25, 0.3) is 0 Å². The third-order valence-electron chi connectivity index (χ3n) is 1.88. The van der Waals surface area contributed by atoms with Gasteiger partial charge < -0.3 is 10.1 Å². The van der Waals surface area contributed by atoms with E-state index in [0.717, 1.165) is 15.7 Å². The van der Waals surface area contributed by atoms with Gasteiger partial charge >= 0.3 is 0 Å². The third kappa shape index (κ3) is 3.86. The van der Waals surface area contributed by atoms with Crippen LogP contribution in [-0.2, 0) is 11.3 Å². The van der Waals surface area contributed by atoms with E-state index in [0.29, 0.717) is 18.2 Å². The summed E-state index contributed by atoms with van der Waals surface area (Å²) in [5, 5.41) is 3.78. The highest BCUT2D eigenvalue weighted by Gasteiger charge is 2.05. The van der Waals surface area contributed by atoms with Gasteiger partial charge in [-0.1, -0.05) is 40.2 Å². The fourth-order valence-corrected chi connectivity index (χ4v) is 1.75. The van der Waals surface area contributed by atoms with Crippen molar-refractivity contribution >= 4 is 33.2 Å². The average molecular weight is 291 g/mol. The molecule has 15 heavy (non-hydrogen) atoms. The molecule has 2 nitrogen and oxygen atoms in total. The molecule has 0 fully saturated rings. The van der Waals surface area contributed by atoms with Gasteiger partial charge in [-0.25, -0.2) is 0 Å². The average Bonchev–Trinajstić information content (AvgIpc) is 2.19. The molecular formula is C11H13BrClNO. The van der Waals surface area contributed by atoms with Gasteiger partial charge in [0.2, 0.25) is 0 Å². The molecule has 1 aromatic rings. The molecular weight excluding hydrogens is 277 g/mol. The molecule has 0 bridgehead atoms. The van der Waals surface area contributed by atoms with E-state index in [4.69, 9.17) is 16.3 Å². The number of nitrogens with one attached hydrogen (secondary N) is 1. The Morgan fingerprint density at radius 3 is 2.93 bits per heavy atom. The first kappa shape index (κ1) is 12.6. The van der Waals surface area contributed by atoms with Crippen LogP contribution in [0.5, 0.6) is 0 Å². The molecule has 0 aliphatic heterocycles. The molecule has 1 N–H and O–H groups in total. The molecule has 82 valence electrons. The number of ether oxygens (including phenoxy) is 1. The van der Waals surface area contributed by atoms with Crippen LogP contribution in [0.25, 0.3) is 0 Å². The quantitative estimate of drug-likeness (QED) is 0.891. The maximum absolute atomic E-state index is 5.70. The minimum Gasteiger partial charge on any atom is -0.380 e. The number of hydrogen-bond donors (Lipinski definition) is 1. The first-order valence-corrected chi connectivity index (χ1v) is 5.65. The summed E-state index contributed by atoms with van der Waals surface area (Å²) in [6.07, 6.45) is 0. The zero-order chi connectivity index (χ0) is 11.3. The van der Waals surface area contributed by atoms with Crippen molar-refractivity contribution in [2.45, 2.75) is 6.61 Å². The second-order valence-corrected chi connectivity index (χ2v) is 4.46. The topological polar surface area (TPSA) is 21.3 Å². The van der Waals surface area contributed by atoms with Gasteiger partial charge in [-0.2, -0.15) is 0 Å². The van der Waals surface area contributed by atoms with Crippen LogP contribution in [0.4, 0.5) is 5.69 Å². The maximum atomic E-state index is 5.70. The molecule has 0 aliphatic carbocycles. The van der Waals surface area contributed by atoms with E-state index < -0.39 is 0 Å². The van der Waals surface area contributed by atoms with Gasteiger partial charge in [-0.05, 0) is 12.1 Å². The number of methoxy groups -OCH3 is 1. The Hall–Kier alpha value is -0.510. The first-order chi connectivity index (χ1) is 7.15. The number of rotatable bonds is 5. The minimum atomic E-state index is 0.550. The molecule has 0 aliphatic rings. The van der Waals surface area contributed by atoms with E-state index in [1.165, 1.54) is 0 Å². The van der Waals surface area contributed by atoms with Crippen molar-refractivity contribution in [1.29, 1.82) is 0 Å². The zero-order valence-corrected chi connectivity index (χ0v) is 10.9. The van der Waals surface area contributed by atoms with Crippen molar-refractivity contribution in [3.05, 3.63) is 39.8 Å².